The SMILES string of the molecule is CCC(CC)(CN)C(=O)Nc1cccc(-c2ncc(C)o2)c1. The van der Waals surface area contributed by atoms with Crippen LogP contribution >= 0.6 is 0 Å². The summed E-state index contributed by atoms with van der Waals surface area (Å²) in [7, 11) is 0. The Morgan fingerprint density at radius 3 is 2.64 bits per heavy atom. The molecular formula is C17H23N3O2. The molecule has 1 aromatic heterocycles. The normalized spacial score (nSPS) is 11.5. The molecule has 0 bridgehead atoms. The van der Waals surface area contributed by atoms with Gasteiger partial charge in [0.1, 0.15) is 5.76 Å². The van der Waals surface area contributed by atoms with E-state index in [0.29, 0.717) is 25.3 Å². The minimum Gasteiger partial charge on any atom is -0.441 e. The van der Waals surface area contributed by atoms with Gasteiger partial charge in [0.2, 0.25) is 11.8 Å². The van der Waals surface area contributed by atoms with Crippen molar-refractivity contribution >= 4 is 11.6 Å². The maximum absolute atomic E-state index is 12.5. The van der Waals surface area contributed by atoms with Gasteiger partial charge in [-0.25, -0.2) is 4.98 Å². The lowest BCUT2D eigenvalue weighted by Crippen LogP contribution is -2.41. The fourth-order valence-electron chi connectivity index (χ4n) is 2.43. The first-order valence-corrected chi connectivity index (χ1v) is 7.59. The maximum Gasteiger partial charge on any atom is 0.231 e. The summed E-state index contributed by atoms with van der Waals surface area (Å²) in [5.74, 6) is 1.26. The third kappa shape index (κ3) is 3.20. The second-order valence-corrected chi connectivity index (χ2v) is 5.50. The predicted octanol–water partition coefficient (Wildman–Crippen LogP) is 3.35. The number of carbonyl (C=O) groups excluding carboxylic acids is 1. The van der Waals surface area contributed by atoms with E-state index in [1.54, 1.807) is 6.20 Å². The summed E-state index contributed by atoms with van der Waals surface area (Å²) >= 11 is 0. The number of amides is 1. The molecule has 2 rings (SSSR count). The van der Waals surface area contributed by atoms with Crippen LogP contribution in [0.5, 0.6) is 0 Å². The van der Waals surface area contributed by atoms with Gasteiger partial charge in [-0.2, -0.15) is 0 Å². The van der Waals surface area contributed by atoms with Crippen LogP contribution in [0.1, 0.15) is 32.4 Å². The largest absolute Gasteiger partial charge is 0.441 e. The van der Waals surface area contributed by atoms with Gasteiger partial charge in [-0.05, 0) is 38.0 Å². The number of anilines is 1. The van der Waals surface area contributed by atoms with Gasteiger partial charge in [0.15, 0.2) is 0 Å². The number of oxazole rings is 1. The van der Waals surface area contributed by atoms with Crippen molar-refractivity contribution in [2.75, 3.05) is 11.9 Å². The van der Waals surface area contributed by atoms with Crippen LogP contribution in [0.4, 0.5) is 5.69 Å². The minimum absolute atomic E-state index is 0.0410. The Hall–Kier alpha value is -2.14. The molecule has 0 unspecified atom stereocenters. The Labute approximate surface area is 130 Å². The molecule has 0 aliphatic carbocycles. The molecule has 1 heterocycles. The molecule has 0 saturated heterocycles. The Balaban J connectivity index is 2.22. The molecule has 1 aromatic carbocycles. The molecule has 0 radical (unpaired) electrons. The van der Waals surface area contributed by atoms with Crippen LogP contribution < -0.4 is 11.1 Å². The highest BCUT2D eigenvalue weighted by molar-refractivity contribution is 5.95. The topological polar surface area (TPSA) is 81.2 Å². The summed E-state index contributed by atoms with van der Waals surface area (Å²) in [6, 6.07) is 7.48. The van der Waals surface area contributed by atoms with Crippen LogP contribution in [0.2, 0.25) is 0 Å². The number of nitrogens with one attached hydrogen (secondary N) is 1. The van der Waals surface area contributed by atoms with Gasteiger partial charge in [-0.15, -0.1) is 0 Å². The number of carbonyl (C=O) groups is 1. The summed E-state index contributed by atoms with van der Waals surface area (Å²) in [6.07, 6.45) is 3.10. The van der Waals surface area contributed by atoms with E-state index in [0.717, 1.165) is 17.0 Å². The zero-order valence-electron chi connectivity index (χ0n) is 13.3. The third-order valence-corrected chi connectivity index (χ3v) is 4.21. The Kier molecular flexibility index (Phi) is 4.98. The van der Waals surface area contributed by atoms with Crippen LogP contribution in [0.15, 0.2) is 34.9 Å². The minimum atomic E-state index is -0.518. The summed E-state index contributed by atoms with van der Waals surface area (Å²) in [5, 5.41) is 2.96. The van der Waals surface area contributed by atoms with E-state index in [2.05, 4.69) is 10.3 Å². The quantitative estimate of drug-likeness (QED) is 0.857. The van der Waals surface area contributed by atoms with Crippen molar-refractivity contribution in [2.45, 2.75) is 33.6 Å². The first-order chi connectivity index (χ1) is 10.5. The molecule has 5 heteroatoms. The summed E-state index contributed by atoms with van der Waals surface area (Å²) in [5.41, 5.74) is 6.85. The van der Waals surface area contributed by atoms with E-state index in [1.165, 1.54) is 0 Å². The molecule has 0 aliphatic heterocycles. The Morgan fingerprint density at radius 1 is 1.36 bits per heavy atom. The van der Waals surface area contributed by atoms with Crippen molar-refractivity contribution in [1.29, 1.82) is 0 Å². The number of rotatable bonds is 6. The zero-order valence-corrected chi connectivity index (χ0v) is 13.3. The van der Waals surface area contributed by atoms with Gasteiger partial charge in [0.05, 0.1) is 11.6 Å². The number of benzene rings is 1. The van der Waals surface area contributed by atoms with E-state index in [9.17, 15) is 4.79 Å². The van der Waals surface area contributed by atoms with Crippen molar-refractivity contribution < 1.29 is 9.21 Å². The second-order valence-electron chi connectivity index (χ2n) is 5.50. The first-order valence-electron chi connectivity index (χ1n) is 7.59. The fraction of sp³-hybridized carbons (Fsp3) is 0.412. The average Bonchev–Trinajstić information content (AvgIpc) is 2.96. The molecule has 118 valence electrons. The van der Waals surface area contributed by atoms with Gasteiger partial charge < -0.3 is 15.5 Å². The van der Waals surface area contributed by atoms with Crippen molar-refractivity contribution in [1.82, 2.24) is 4.98 Å². The Bertz CT molecular complexity index is 637. The second kappa shape index (κ2) is 6.75. The molecule has 22 heavy (non-hydrogen) atoms. The van der Waals surface area contributed by atoms with Crippen LogP contribution in [0.25, 0.3) is 11.5 Å². The van der Waals surface area contributed by atoms with E-state index >= 15 is 0 Å². The van der Waals surface area contributed by atoms with Crippen LogP contribution in [-0.2, 0) is 4.79 Å². The van der Waals surface area contributed by atoms with E-state index in [1.807, 2.05) is 45.0 Å². The molecule has 0 saturated carbocycles. The number of aryl methyl sites for hydroxylation is 1. The first kappa shape index (κ1) is 16.2. The lowest BCUT2D eigenvalue weighted by atomic mass is 9.81. The van der Waals surface area contributed by atoms with Crippen LogP contribution in [-0.4, -0.2) is 17.4 Å². The van der Waals surface area contributed by atoms with Crippen molar-refractivity contribution in [3.05, 3.63) is 36.2 Å². The van der Waals surface area contributed by atoms with Crippen molar-refractivity contribution in [2.24, 2.45) is 11.1 Å². The van der Waals surface area contributed by atoms with Crippen LogP contribution in [0, 0.1) is 12.3 Å². The van der Waals surface area contributed by atoms with Gasteiger partial charge in [-0.3, -0.25) is 4.79 Å². The van der Waals surface area contributed by atoms with E-state index in [4.69, 9.17) is 10.2 Å². The smallest absolute Gasteiger partial charge is 0.231 e. The summed E-state index contributed by atoms with van der Waals surface area (Å²) < 4.78 is 5.52. The molecule has 0 spiro atoms. The molecule has 2 aromatic rings. The maximum atomic E-state index is 12.5. The lowest BCUT2D eigenvalue weighted by molar-refractivity contribution is -0.125. The predicted molar refractivity (Wildman–Crippen MR) is 87.4 cm³/mol. The summed E-state index contributed by atoms with van der Waals surface area (Å²) in [6.45, 7) is 6.16. The average molecular weight is 301 g/mol. The zero-order chi connectivity index (χ0) is 16.2. The highest BCUT2D eigenvalue weighted by Gasteiger charge is 2.33. The van der Waals surface area contributed by atoms with Gasteiger partial charge in [-0.1, -0.05) is 19.9 Å². The number of aromatic nitrogens is 1. The van der Waals surface area contributed by atoms with E-state index < -0.39 is 5.41 Å². The lowest BCUT2D eigenvalue weighted by Gasteiger charge is -2.28. The Morgan fingerprint density at radius 2 is 2.09 bits per heavy atom. The number of nitrogens with two attached hydrogens (primary N) is 1. The number of hydrogen-bond acceptors (Lipinski definition) is 4. The fourth-order valence-corrected chi connectivity index (χ4v) is 2.43. The monoisotopic (exact) mass is 301 g/mol. The molecule has 1 amide bonds. The number of hydrogen-bond donors (Lipinski definition) is 2. The van der Waals surface area contributed by atoms with Gasteiger partial charge in [0, 0.05) is 17.8 Å². The van der Waals surface area contributed by atoms with Gasteiger partial charge >= 0.3 is 0 Å². The molecule has 0 atom stereocenters. The molecule has 0 fully saturated rings. The molecule has 0 aliphatic rings. The number of nitrogens with zero attached hydrogens (tertiary/aromatic N) is 1. The highest BCUT2D eigenvalue weighted by Crippen LogP contribution is 2.28. The van der Waals surface area contributed by atoms with E-state index in [-0.39, 0.29) is 5.91 Å². The van der Waals surface area contributed by atoms with Crippen molar-refractivity contribution in [3.8, 4) is 11.5 Å². The highest BCUT2D eigenvalue weighted by atomic mass is 16.4. The summed E-state index contributed by atoms with van der Waals surface area (Å²) in [4.78, 5) is 16.8. The van der Waals surface area contributed by atoms with Crippen LogP contribution in [0.3, 0.4) is 0 Å². The molecule has 5 nitrogen and oxygen atoms in total. The standard InChI is InChI=1S/C17H23N3O2/c1-4-17(5-2,11-18)16(21)20-14-8-6-7-13(9-14)15-19-10-12(3)22-15/h6-10H,4-5,11,18H2,1-3H3,(H,20,21). The van der Waals surface area contributed by atoms with Crippen molar-refractivity contribution in [3.63, 3.8) is 0 Å². The van der Waals surface area contributed by atoms with Gasteiger partial charge in [0.25, 0.3) is 0 Å². The molecular weight excluding hydrogens is 278 g/mol. The third-order valence-electron chi connectivity index (χ3n) is 4.21. The molecule has 3 N–H and O–H groups in total.